The third kappa shape index (κ3) is 4.77. The van der Waals surface area contributed by atoms with Crippen LogP contribution in [0.3, 0.4) is 0 Å². The summed E-state index contributed by atoms with van der Waals surface area (Å²) in [7, 11) is 0. The Morgan fingerprint density at radius 2 is 1.74 bits per heavy atom. The fourth-order valence-corrected chi connectivity index (χ4v) is 3.72. The van der Waals surface area contributed by atoms with Gasteiger partial charge in [0.05, 0.1) is 5.71 Å². The molecule has 6 nitrogen and oxygen atoms in total. The lowest BCUT2D eigenvalue weighted by molar-refractivity contribution is -0.0845. The highest BCUT2D eigenvalue weighted by Gasteiger charge is 2.33. The number of oxime groups is 1. The minimum atomic E-state index is -1.41. The lowest BCUT2D eigenvalue weighted by Gasteiger charge is -2.18. The van der Waals surface area contributed by atoms with Gasteiger partial charge in [-0.3, -0.25) is 9.73 Å². The first kappa shape index (κ1) is 23.4. The molecule has 0 spiro atoms. The molecule has 34 heavy (non-hydrogen) atoms. The van der Waals surface area contributed by atoms with Crippen LogP contribution in [0.25, 0.3) is 11.1 Å². The van der Waals surface area contributed by atoms with Gasteiger partial charge in [0.2, 0.25) is 0 Å². The highest BCUT2D eigenvalue weighted by molar-refractivity contribution is 6.30. The van der Waals surface area contributed by atoms with Crippen LogP contribution in [0.2, 0.25) is 5.02 Å². The Morgan fingerprint density at radius 1 is 1.09 bits per heavy atom. The second kappa shape index (κ2) is 9.61. The number of rotatable bonds is 6. The van der Waals surface area contributed by atoms with E-state index in [0.717, 1.165) is 18.9 Å². The van der Waals surface area contributed by atoms with Gasteiger partial charge in [-0.05, 0) is 54.7 Å². The third-order valence-electron chi connectivity index (χ3n) is 5.40. The van der Waals surface area contributed by atoms with Crippen molar-refractivity contribution in [2.75, 3.05) is 0 Å². The molecule has 0 aliphatic heterocycles. The normalized spacial score (nSPS) is 13.5. The molecule has 1 aliphatic rings. The van der Waals surface area contributed by atoms with Crippen molar-refractivity contribution in [3.8, 4) is 11.1 Å². The maximum absolute atomic E-state index is 15.5. The van der Waals surface area contributed by atoms with Gasteiger partial charge in [0.1, 0.15) is 17.2 Å². The van der Waals surface area contributed by atoms with E-state index in [1.807, 2.05) is 0 Å². The number of carbonyl (C=O) groups excluding carboxylic acids is 2. The monoisotopic (exact) mass is 483 g/mol. The Kier molecular flexibility index (Phi) is 6.61. The van der Waals surface area contributed by atoms with E-state index >= 15 is 4.39 Å². The maximum Gasteiger partial charge on any atom is 0.357 e. The Hall–Kier alpha value is -3.78. The first-order chi connectivity index (χ1) is 16.3. The zero-order chi connectivity index (χ0) is 24.4. The lowest BCUT2D eigenvalue weighted by atomic mass is 9.96. The number of nitrogens with zero attached hydrogens (tertiary/aromatic N) is 2. The van der Waals surface area contributed by atoms with Gasteiger partial charge in [-0.15, -0.1) is 0 Å². The first-order valence-corrected chi connectivity index (χ1v) is 10.8. The van der Waals surface area contributed by atoms with Crippen LogP contribution < -0.4 is 5.73 Å². The summed E-state index contributed by atoms with van der Waals surface area (Å²) in [5.41, 5.74) is 6.20. The molecule has 0 unspecified atom stereocenters. The highest BCUT2D eigenvalue weighted by atomic mass is 35.5. The van der Waals surface area contributed by atoms with Crippen LogP contribution in [0.5, 0.6) is 0 Å². The van der Waals surface area contributed by atoms with Crippen molar-refractivity contribution < 1.29 is 23.3 Å². The van der Waals surface area contributed by atoms with Crippen LogP contribution in [-0.4, -0.2) is 22.7 Å². The minimum absolute atomic E-state index is 0.0260. The van der Waals surface area contributed by atoms with Crippen molar-refractivity contribution >= 4 is 29.3 Å². The van der Waals surface area contributed by atoms with Crippen molar-refractivity contribution in [2.24, 2.45) is 16.8 Å². The van der Waals surface area contributed by atoms with E-state index in [2.05, 4.69) is 5.16 Å². The minimum Gasteiger partial charge on any atom is -0.349 e. The van der Waals surface area contributed by atoms with Crippen molar-refractivity contribution in [3.63, 3.8) is 0 Å². The van der Waals surface area contributed by atoms with Gasteiger partial charge in [-0.2, -0.15) is 0 Å². The molecule has 2 N–H and O–H groups in total. The zero-order valence-electron chi connectivity index (χ0n) is 18.1. The van der Waals surface area contributed by atoms with Crippen LogP contribution in [0, 0.1) is 24.5 Å². The number of carbonyl (C=O) groups is 2. The van der Waals surface area contributed by atoms with E-state index in [1.165, 1.54) is 6.92 Å². The topological polar surface area (TPSA) is 85.0 Å². The summed E-state index contributed by atoms with van der Waals surface area (Å²) in [5, 5.41) is 4.51. The molecule has 174 valence electrons. The lowest BCUT2D eigenvalue weighted by Crippen LogP contribution is -2.40. The summed E-state index contributed by atoms with van der Waals surface area (Å²) < 4.78 is 30.2. The van der Waals surface area contributed by atoms with Gasteiger partial charge in [0.15, 0.2) is 0 Å². The van der Waals surface area contributed by atoms with E-state index in [4.69, 9.17) is 22.3 Å². The number of imide groups is 1. The van der Waals surface area contributed by atoms with E-state index in [0.29, 0.717) is 21.9 Å². The molecule has 1 fully saturated rings. The average molecular weight is 484 g/mol. The largest absolute Gasteiger partial charge is 0.357 e. The number of hydroxylamine groups is 2. The summed E-state index contributed by atoms with van der Waals surface area (Å²) in [6, 6.07) is 14.7. The Labute approximate surface area is 199 Å². The molecule has 4 rings (SSSR count). The summed E-state index contributed by atoms with van der Waals surface area (Å²) in [4.78, 5) is 30.1. The maximum atomic E-state index is 15.5. The SMILES string of the molecule is Cc1cc(F)c(C(=O)N(O/N=C(/c2ccc(Cl)cc2)C2CC2)C(N)=O)c(F)c1-c1ccccc1. The summed E-state index contributed by atoms with van der Waals surface area (Å²) in [5.74, 6) is -3.65. The predicted molar refractivity (Wildman–Crippen MR) is 124 cm³/mol. The quantitative estimate of drug-likeness (QED) is 0.352. The summed E-state index contributed by atoms with van der Waals surface area (Å²) in [6.45, 7) is 1.52. The van der Waals surface area contributed by atoms with Gasteiger partial charge in [0, 0.05) is 16.5 Å². The second-order valence-corrected chi connectivity index (χ2v) is 8.32. The van der Waals surface area contributed by atoms with Crippen LogP contribution in [0.1, 0.15) is 34.3 Å². The average Bonchev–Trinajstić information content (AvgIpc) is 3.63. The van der Waals surface area contributed by atoms with Gasteiger partial charge >= 0.3 is 11.9 Å². The second-order valence-electron chi connectivity index (χ2n) is 7.88. The number of nitrogens with two attached hydrogens (primary N) is 1. The van der Waals surface area contributed by atoms with Gasteiger partial charge in [-0.1, -0.05) is 64.3 Å². The zero-order valence-corrected chi connectivity index (χ0v) is 18.9. The smallest absolute Gasteiger partial charge is 0.349 e. The van der Waals surface area contributed by atoms with Gasteiger partial charge in [-0.25, -0.2) is 13.6 Å². The number of primary amides is 1. The fourth-order valence-electron chi connectivity index (χ4n) is 3.60. The molecule has 3 aromatic rings. The molecule has 0 heterocycles. The number of aryl methyl sites for hydroxylation is 1. The standard InChI is InChI=1S/C25H20ClF2N3O3/c1-14-13-19(27)21(22(28)20(14)15-5-3-2-4-6-15)24(32)31(25(29)33)34-30-23(16-7-8-16)17-9-11-18(26)12-10-17/h2-6,9-13,16H,7-8H2,1H3,(H2,29,33)/b30-23+. The number of halogens is 3. The van der Waals surface area contributed by atoms with E-state index < -0.39 is 29.1 Å². The fraction of sp³-hybridized carbons (Fsp3) is 0.160. The van der Waals surface area contributed by atoms with Crippen LogP contribution in [-0.2, 0) is 4.94 Å². The van der Waals surface area contributed by atoms with Gasteiger partial charge in [0.25, 0.3) is 0 Å². The molecule has 1 saturated carbocycles. The summed E-state index contributed by atoms with van der Waals surface area (Å²) >= 11 is 5.93. The molecule has 3 amide bonds. The molecule has 3 aromatic carbocycles. The van der Waals surface area contributed by atoms with Crippen LogP contribution in [0.4, 0.5) is 13.6 Å². The van der Waals surface area contributed by atoms with Crippen molar-refractivity contribution in [1.29, 1.82) is 0 Å². The molecule has 0 aromatic heterocycles. The summed E-state index contributed by atoms with van der Waals surface area (Å²) in [6.07, 6.45) is 1.66. The number of hydrogen-bond donors (Lipinski definition) is 1. The number of benzene rings is 3. The molecule has 9 heteroatoms. The first-order valence-electron chi connectivity index (χ1n) is 10.5. The van der Waals surface area contributed by atoms with Crippen molar-refractivity contribution in [2.45, 2.75) is 19.8 Å². The van der Waals surface area contributed by atoms with E-state index in [1.54, 1.807) is 54.6 Å². The molecule has 0 atom stereocenters. The van der Waals surface area contributed by atoms with Gasteiger partial charge < -0.3 is 5.73 Å². The third-order valence-corrected chi connectivity index (χ3v) is 5.65. The Balaban J connectivity index is 1.71. The number of hydrogen-bond acceptors (Lipinski definition) is 4. The van der Waals surface area contributed by atoms with E-state index in [9.17, 15) is 14.0 Å². The van der Waals surface area contributed by atoms with Crippen LogP contribution >= 0.6 is 11.6 Å². The number of urea groups is 1. The molecule has 1 aliphatic carbocycles. The molecule has 0 bridgehead atoms. The Morgan fingerprint density at radius 3 is 2.32 bits per heavy atom. The molecule has 0 saturated heterocycles. The van der Waals surface area contributed by atoms with Crippen LogP contribution in [0.15, 0.2) is 65.8 Å². The number of amides is 3. The highest BCUT2D eigenvalue weighted by Crippen LogP contribution is 2.34. The van der Waals surface area contributed by atoms with E-state index in [-0.39, 0.29) is 22.1 Å². The molecular weight excluding hydrogens is 464 g/mol. The van der Waals surface area contributed by atoms with Crippen molar-refractivity contribution in [1.82, 2.24) is 5.06 Å². The predicted octanol–water partition coefficient (Wildman–Crippen LogP) is 5.86. The van der Waals surface area contributed by atoms with Crippen molar-refractivity contribution in [3.05, 3.63) is 94.0 Å². The molecular formula is C25H20ClF2N3O3. The Bertz CT molecular complexity index is 1280. The molecule has 0 radical (unpaired) electrons.